The number of carbonyl (C=O) groups excluding carboxylic acids is 1. The van der Waals surface area contributed by atoms with Gasteiger partial charge < -0.3 is 14.7 Å². The number of hydrogen-bond acceptors (Lipinski definition) is 6. The van der Waals surface area contributed by atoms with Crippen LogP contribution in [-0.2, 0) is 22.5 Å². The molecule has 4 rings (SSSR count). The maximum atomic E-state index is 12.4. The summed E-state index contributed by atoms with van der Waals surface area (Å²) in [6, 6.07) is 6.00. The summed E-state index contributed by atoms with van der Waals surface area (Å²) in [6.45, 7) is 3.90. The molecule has 7 nitrogen and oxygen atoms in total. The fraction of sp³-hybridized carbons (Fsp3) is 0.350. The Labute approximate surface area is 166 Å². The fourth-order valence-corrected chi connectivity index (χ4v) is 4.25. The number of aromatic nitrogens is 1. The third kappa shape index (κ3) is 3.41. The average Bonchev–Trinajstić information content (AvgIpc) is 3.25. The van der Waals surface area contributed by atoms with Gasteiger partial charge in [-0.25, -0.2) is 0 Å². The van der Waals surface area contributed by atoms with E-state index >= 15 is 0 Å². The molecule has 0 unspecified atom stereocenters. The summed E-state index contributed by atoms with van der Waals surface area (Å²) in [7, 11) is 0. The van der Waals surface area contributed by atoms with Crippen LogP contribution in [0.5, 0.6) is 5.88 Å². The number of allylic oxidation sites excluding steroid dienone is 1. The predicted molar refractivity (Wildman–Crippen MR) is 109 cm³/mol. The molecule has 0 atom stereocenters. The summed E-state index contributed by atoms with van der Waals surface area (Å²) in [4.78, 5) is 31.0. The van der Waals surface area contributed by atoms with Crippen molar-refractivity contribution in [3.63, 3.8) is 0 Å². The van der Waals surface area contributed by atoms with Crippen molar-refractivity contribution in [2.75, 3.05) is 26.3 Å². The number of para-hydroxylation sites is 1. The number of morpholine rings is 1. The fourth-order valence-electron chi connectivity index (χ4n) is 3.42. The average molecular weight is 399 g/mol. The van der Waals surface area contributed by atoms with Crippen molar-refractivity contribution in [2.45, 2.75) is 19.9 Å². The maximum Gasteiger partial charge on any atom is 0.311 e. The summed E-state index contributed by atoms with van der Waals surface area (Å²) in [6.07, 6.45) is 4.38. The van der Waals surface area contributed by atoms with E-state index in [1.807, 2.05) is 18.2 Å². The number of amides is 1. The first-order valence-corrected chi connectivity index (χ1v) is 10.1. The van der Waals surface area contributed by atoms with E-state index in [9.17, 15) is 14.7 Å². The molecule has 28 heavy (non-hydrogen) atoms. The van der Waals surface area contributed by atoms with Gasteiger partial charge in [0.05, 0.1) is 23.8 Å². The number of aryl methyl sites for hydroxylation is 1. The van der Waals surface area contributed by atoms with Crippen molar-refractivity contribution < 1.29 is 14.6 Å². The van der Waals surface area contributed by atoms with Gasteiger partial charge in [-0.05, 0) is 18.1 Å². The Morgan fingerprint density at radius 2 is 2.14 bits per heavy atom. The molecule has 2 aliphatic rings. The number of ether oxygens (including phenoxy) is 1. The zero-order valence-electron chi connectivity index (χ0n) is 15.6. The zero-order valence-corrected chi connectivity index (χ0v) is 16.4. The largest absolute Gasteiger partial charge is 0.493 e. The Balaban J connectivity index is 1.61. The Morgan fingerprint density at radius 3 is 2.89 bits per heavy atom. The number of carbonyl (C=O) groups is 1. The van der Waals surface area contributed by atoms with E-state index in [4.69, 9.17) is 4.74 Å². The van der Waals surface area contributed by atoms with Crippen LogP contribution in [0.3, 0.4) is 0 Å². The Hall–Kier alpha value is -2.71. The lowest BCUT2D eigenvalue weighted by molar-refractivity contribution is -0.136. The minimum atomic E-state index is -0.358. The quantitative estimate of drug-likeness (QED) is 0.855. The Bertz CT molecular complexity index is 1030. The molecule has 0 spiro atoms. The van der Waals surface area contributed by atoms with Gasteiger partial charge in [-0.15, -0.1) is 0 Å². The molecule has 0 aliphatic carbocycles. The van der Waals surface area contributed by atoms with Crippen molar-refractivity contribution in [1.29, 1.82) is 0 Å². The zero-order chi connectivity index (χ0) is 19.7. The lowest BCUT2D eigenvalue weighted by Crippen LogP contribution is -2.43. The first kappa shape index (κ1) is 18.6. The standard InChI is InChI=1S/C20H21N3O4S/c1-2-13-4-3-5-15-14(11-21-18(13)15)10-16-19(25)23(20(26)28-16)12-17(24)22-6-8-27-9-7-22/h3-5,10-11,25H,2,6-9,12H2,1H3. The van der Waals surface area contributed by atoms with Crippen molar-refractivity contribution in [1.82, 2.24) is 9.47 Å². The van der Waals surface area contributed by atoms with Gasteiger partial charge in [0.1, 0.15) is 6.54 Å². The van der Waals surface area contributed by atoms with Crippen LogP contribution in [0, 0.1) is 0 Å². The lowest BCUT2D eigenvalue weighted by atomic mass is 10.0. The molecule has 1 amide bonds. The number of thiazole rings is 1. The van der Waals surface area contributed by atoms with E-state index in [1.54, 1.807) is 17.2 Å². The van der Waals surface area contributed by atoms with Gasteiger partial charge in [-0.1, -0.05) is 36.5 Å². The molecule has 146 valence electrons. The molecule has 8 heteroatoms. The topological polar surface area (TPSA) is 84.1 Å². The highest BCUT2D eigenvalue weighted by Crippen LogP contribution is 2.37. The van der Waals surface area contributed by atoms with Gasteiger partial charge in [0.25, 0.3) is 0 Å². The normalized spacial score (nSPS) is 17.3. The smallest absolute Gasteiger partial charge is 0.311 e. The highest BCUT2D eigenvalue weighted by atomic mass is 32.1. The van der Waals surface area contributed by atoms with Crippen molar-refractivity contribution in [3.05, 3.63) is 43.9 Å². The molecule has 0 radical (unpaired) electrons. The maximum absolute atomic E-state index is 12.4. The molecular formula is C20H21N3O4S. The molecule has 1 aromatic carbocycles. The van der Waals surface area contributed by atoms with Crippen LogP contribution in [0.25, 0.3) is 11.6 Å². The molecule has 3 heterocycles. The molecule has 1 N–H and O–H groups in total. The Morgan fingerprint density at radius 1 is 1.36 bits per heavy atom. The summed E-state index contributed by atoms with van der Waals surface area (Å²) >= 11 is 0.925. The van der Waals surface area contributed by atoms with Gasteiger partial charge in [-0.3, -0.25) is 19.1 Å². The van der Waals surface area contributed by atoms with Crippen LogP contribution in [0.2, 0.25) is 0 Å². The van der Waals surface area contributed by atoms with Crippen LogP contribution < -0.4 is 4.87 Å². The molecular weight excluding hydrogens is 378 g/mol. The monoisotopic (exact) mass is 399 g/mol. The molecule has 0 saturated carbocycles. The minimum Gasteiger partial charge on any atom is -0.493 e. The molecule has 0 bridgehead atoms. The van der Waals surface area contributed by atoms with E-state index in [0.29, 0.717) is 31.2 Å². The second-order valence-corrected chi connectivity index (χ2v) is 7.65. The molecule has 2 aliphatic heterocycles. The van der Waals surface area contributed by atoms with Crippen LogP contribution >= 0.6 is 11.3 Å². The third-order valence-electron chi connectivity index (χ3n) is 4.98. The van der Waals surface area contributed by atoms with Crippen molar-refractivity contribution in [2.24, 2.45) is 4.99 Å². The third-order valence-corrected chi connectivity index (χ3v) is 5.90. The number of nitrogens with zero attached hydrogens (tertiary/aromatic N) is 3. The van der Waals surface area contributed by atoms with E-state index < -0.39 is 0 Å². The van der Waals surface area contributed by atoms with Crippen LogP contribution in [0.1, 0.15) is 22.9 Å². The summed E-state index contributed by atoms with van der Waals surface area (Å²) in [5.41, 5.74) is 3.91. The van der Waals surface area contributed by atoms with E-state index in [2.05, 4.69) is 11.9 Å². The highest BCUT2D eigenvalue weighted by molar-refractivity contribution is 7.10. The van der Waals surface area contributed by atoms with Crippen LogP contribution in [-0.4, -0.2) is 53.0 Å². The van der Waals surface area contributed by atoms with Crippen molar-refractivity contribution >= 4 is 40.8 Å². The Kier molecular flexibility index (Phi) is 5.15. The summed E-state index contributed by atoms with van der Waals surface area (Å²) in [5, 5.41) is 10.6. The van der Waals surface area contributed by atoms with E-state index in [1.165, 1.54) is 0 Å². The molecule has 1 saturated heterocycles. The number of rotatable bonds is 4. The minimum absolute atomic E-state index is 0.172. The number of benzene rings is 1. The first-order chi connectivity index (χ1) is 13.6. The summed E-state index contributed by atoms with van der Waals surface area (Å²) in [5.74, 6) is -0.379. The van der Waals surface area contributed by atoms with Gasteiger partial charge in [0.15, 0.2) is 0 Å². The molecule has 1 aromatic heterocycles. The van der Waals surface area contributed by atoms with Gasteiger partial charge >= 0.3 is 4.87 Å². The summed E-state index contributed by atoms with van der Waals surface area (Å²) < 4.78 is 6.37. The van der Waals surface area contributed by atoms with Gasteiger partial charge in [0.2, 0.25) is 11.8 Å². The van der Waals surface area contributed by atoms with E-state index in [-0.39, 0.29) is 23.2 Å². The number of hydrogen-bond donors (Lipinski definition) is 1. The second kappa shape index (κ2) is 7.73. The van der Waals surface area contributed by atoms with Crippen LogP contribution in [0.4, 0.5) is 5.69 Å². The van der Waals surface area contributed by atoms with Crippen molar-refractivity contribution in [3.8, 4) is 5.88 Å². The highest BCUT2D eigenvalue weighted by Gasteiger charge is 2.22. The number of aromatic hydroxyl groups is 1. The first-order valence-electron chi connectivity index (χ1n) is 9.24. The second-order valence-electron chi connectivity index (χ2n) is 6.66. The van der Waals surface area contributed by atoms with E-state index in [0.717, 1.165) is 44.7 Å². The van der Waals surface area contributed by atoms with Gasteiger partial charge in [-0.2, -0.15) is 0 Å². The SMILES string of the molecule is CCc1cccc2c1N=CC2=Cc1sc(=O)n(CC(=O)N2CCOCC2)c1O. The number of aliphatic imine (C=N–C) groups is 1. The molecule has 2 aromatic rings. The number of fused-ring (bicyclic) bond motifs is 1. The van der Waals surface area contributed by atoms with Gasteiger partial charge in [0, 0.05) is 30.4 Å². The predicted octanol–water partition coefficient (Wildman–Crippen LogP) is 2.29. The van der Waals surface area contributed by atoms with Crippen LogP contribution in [0.15, 0.2) is 28.0 Å². The lowest BCUT2D eigenvalue weighted by Gasteiger charge is -2.26. The molecule has 1 fully saturated rings.